The Kier molecular flexibility index (Phi) is 10.6. The van der Waals surface area contributed by atoms with Crippen molar-refractivity contribution >= 4 is 5.97 Å². The molecule has 0 radical (unpaired) electrons. The van der Waals surface area contributed by atoms with Crippen molar-refractivity contribution in [2.75, 3.05) is 40.0 Å². The van der Waals surface area contributed by atoms with Crippen molar-refractivity contribution in [1.82, 2.24) is 4.90 Å². The first kappa shape index (κ1) is 15.9. The predicted molar refractivity (Wildman–Crippen MR) is 64.4 cm³/mol. The van der Waals surface area contributed by atoms with Crippen LogP contribution in [-0.4, -0.2) is 50.8 Å². The number of esters is 1. The van der Waals surface area contributed by atoms with Crippen LogP contribution >= 0.6 is 0 Å². The van der Waals surface area contributed by atoms with Gasteiger partial charge < -0.3 is 9.47 Å². The third-order valence-corrected chi connectivity index (χ3v) is 2.27. The van der Waals surface area contributed by atoms with Gasteiger partial charge >= 0.3 is 5.97 Å². The van der Waals surface area contributed by atoms with Crippen molar-refractivity contribution in [2.24, 2.45) is 0 Å². The van der Waals surface area contributed by atoms with Crippen molar-refractivity contribution in [2.45, 2.75) is 26.2 Å². The van der Waals surface area contributed by atoms with Gasteiger partial charge in [0, 0.05) is 26.6 Å². The zero-order chi connectivity index (χ0) is 12.9. The van der Waals surface area contributed by atoms with Gasteiger partial charge in [-0.15, -0.1) is 0 Å². The van der Waals surface area contributed by atoms with Crippen LogP contribution < -0.4 is 0 Å². The molecule has 17 heavy (non-hydrogen) atoms. The molecule has 0 aromatic carbocycles. The van der Waals surface area contributed by atoms with Gasteiger partial charge in [-0.2, -0.15) is 5.26 Å². The van der Waals surface area contributed by atoms with Crippen LogP contribution in [0.25, 0.3) is 0 Å². The lowest BCUT2D eigenvalue weighted by Crippen LogP contribution is -2.34. The lowest BCUT2D eigenvalue weighted by Gasteiger charge is -2.19. The van der Waals surface area contributed by atoms with Crippen LogP contribution in [-0.2, 0) is 14.3 Å². The monoisotopic (exact) mass is 242 g/mol. The fraction of sp³-hybridized carbons (Fsp3) is 0.833. The molecule has 0 bridgehead atoms. The second-order valence-corrected chi connectivity index (χ2v) is 3.75. The summed E-state index contributed by atoms with van der Waals surface area (Å²) in [6.45, 7) is 4.52. The van der Waals surface area contributed by atoms with Crippen molar-refractivity contribution in [1.29, 1.82) is 5.26 Å². The van der Waals surface area contributed by atoms with Crippen LogP contribution in [0.4, 0.5) is 0 Å². The molecule has 0 saturated carbocycles. The molecule has 0 aliphatic carbocycles. The summed E-state index contributed by atoms with van der Waals surface area (Å²) in [4.78, 5) is 13.3. The summed E-state index contributed by atoms with van der Waals surface area (Å²) in [6.07, 6.45) is 2.31. The molecule has 0 aliphatic rings. The minimum atomic E-state index is -0.229. The van der Waals surface area contributed by atoms with Crippen molar-refractivity contribution in [3.8, 4) is 6.07 Å². The Bertz CT molecular complexity index is 238. The summed E-state index contributed by atoms with van der Waals surface area (Å²) in [6, 6.07) is 2.07. The van der Waals surface area contributed by atoms with Gasteiger partial charge in [-0.1, -0.05) is 13.3 Å². The number of rotatable bonds is 10. The number of nitriles is 1. The van der Waals surface area contributed by atoms with E-state index in [0.717, 1.165) is 12.8 Å². The van der Waals surface area contributed by atoms with E-state index < -0.39 is 0 Å². The number of hydrogen-bond donors (Lipinski definition) is 0. The van der Waals surface area contributed by atoms with Crippen LogP contribution in [0, 0.1) is 11.3 Å². The standard InChI is InChI=1S/C12H22N2O3/c1-3-4-9-17-12(15)11-14(7-5-6-13)8-10-16-2/h3-5,7-11H2,1-2H3. The molecule has 0 aromatic rings. The summed E-state index contributed by atoms with van der Waals surface area (Å²) in [5.41, 5.74) is 0. The third-order valence-electron chi connectivity index (χ3n) is 2.27. The second-order valence-electron chi connectivity index (χ2n) is 3.75. The van der Waals surface area contributed by atoms with E-state index in [0.29, 0.717) is 32.7 Å². The van der Waals surface area contributed by atoms with Gasteiger partial charge in [-0.25, -0.2) is 0 Å². The van der Waals surface area contributed by atoms with Gasteiger partial charge in [0.2, 0.25) is 0 Å². The smallest absolute Gasteiger partial charge is 0.320 e. The maximum Gasteiger partial charge on any atom is 0.320 e. The molecule has 0 rings (SSSR count). The Balaban J connectivity index is 3.86. The number of unbranched alkanes of at least 4 members (excludes halogenated alkanes) is 1. The highest BCUT2D eigenvalue weighted by atomic mass is 16.5. The molecule has 0 fully saturated rings. The zero-order valence-electron chi connectivity index (χ0n) is 10.8. The summed E-state index contributed by atoms with van der Waals surface area (Å²) in [5.74, 6) is -0.229. The lowest BCUT2D eigenvalue weighted by molar-refractivity contribution is -0.145. The quantitative estimate of drug-likeness (QED) is 0.425. The number of hydrogen-bond acceptors (Lipinski definition) is 5. The Morgan fingerprint density at radius 1 is 1.35 bits per heavy atom. The van der Waals surface area contributed by atoms with Gasteiger partial charge in [0.05, 0.1) is 25.8 Å². The van der Waals surface area contributed by atoms with E-state index >= 15 is 0 Å². The maximum absolute atomic E-state index is 11.5. The predicted octanol–water partition coefficient (Wildman–Crippen LogP) is 1.19. The van der Waals surface area contributed by atoms with E-state index in [-0.39, 0.29) is 12.5 Å². The highest BCUT2D eigenvalue weighted by molar-refractivity contribution is 5.71. The Hall–Kier alpha value is -1.12. The Morgan fingerprint density at radius 2 is 2.12 bits per heavy atom. The first-order valence-corrected chi connectivity index (χ1v) is 5.98. The Labute approximate surface area is 103 Å². The first-order chi connectivity index (χ1) is 8.24. The molecule has 0 N–H and O–H groups in total. The summed E-state index contributed by atoms with van der Waals surface area (Å²) in [5, 5.41) is 8.52. The van der Waals surface area contributed by atoms with Gasteiger partial charge in [0.1, 0.15) is 0 Å². The van der Waals surface area contributed by atoms with E-state index in [1.54, 1.807) is 7.11 Å². The summed E-state index contributed by atoms with van der Waals surface area (Å²) < 4.78 is 10.0. The van der Waals surface area contributed by atoms with E-state index in [4.69, 9.17) is 14.7 Å². The second kappa shape index (κ2) is 11.4. The zero-order valence-corrected chi connectivity index (χ0v) is 10.8. The van der Waals surface area contributed by atoms with Crippen LogP contribution in [0.2, 0.25) is 0 Å². The number of carbonyl (C=O) groups excluding carboxylic acids is 1. The van der Waals surface area contributed by atoms with Crippen LogP contribution in [0.3, 0.4) is 0 Å². The van der Waals surface area contributed by atoms with Gasteiger partial charge in [0.25, 0.3) is 0 Å². The topological polar surface area (TPSA) is 62.6 Å². The molecule has 5 heteroatoms. The average molecular weight is 242 g/mol. The normalized spacial score (nSPS) is 10.2. The van der Waals surface area contributed by atoms with Gasteiger partial charge in [0.15, 0.2) is 0 Å². The molecule has 98 valence electrons. The molecule has 0 spiro atoms. The largest absolute Gasteiger partial charge is 0.465 e. The summed E-state index contributed by atoms with van der Waals surface area (Å²) >= 11 is 0. The number of nitrogens with zero attached hydrogens (tertiary/aromatic N) is 2. The Morgan fingerprint density at radius 3 is 2.71 bits per heavy atom. The minimum absolute atomic E-state index is 0.229. The van der Waals surface area contributed by atoms with Crippen LogP contribution in [0.1, 0.15) is 26.2 Å². The third kappa shape index (κ3) is 9.79. The lowest BCUT2D eigenvalue weighted by atomic mass is 10.3. The molecule has 0 heterocycles. The maximum atomic E-state index is 11.5. The van der Waals surface area contributed by atoms with Crippen LogP contribution in [0.15, 0.2) is 0 Å². The van der Waals surface area contributed by atoms with Crippen LogP contribution in [0.5, 0.6) is 0 Å². The average Bonchev–Trinajstić information content (AvgIpc) is 2.33. The fourth-order valence-electron chi connectivity index (χ4n) is 1.26. The SMILES string of the molecule is CCCCOC(=O)CN(CCC#N)CCOC. The molecule has 5 nitrogen and oxygen atoms in total. The van der Waals surface area contributed by atoms with Crippen molar-refractivity contribution in [3.05, 3.63) is 0 Å². The number of carbonyl (C=O) groups is 1. The molecular formula is C12H22N2O3. The summed E-state index contributed by atoms with van der Waals surface area (Å²) in [7, 11) is 1.61. The highest BCUT2D eigenvalue weighted by Gasteiger charge is 2.11. The number of methoxy groups -OCH3 is 1. The van der Waals surface area contributed by atoms with Crippen molar-refractivity contribution in [3.63, 3.8) is 0 Å². The van der Waals surface area contributed by atoms with E-state index in [1.165, 1.54) is 0 Å². The van der Waals surface area contributed by atoms with Crippen molar-refractivity contribution < 1.29 is 14.3 Å². The van der Waals surface area contributed by atoms with Gasteiger partial charge in [-0.05, 0) is 6.42 Å². The van der Waals surface area contributed by atoms with Gasteiger partial charge in [-0.3, -0.25) is 9.69 Å². The minimum Gasteiger partial charge on any atom is -0.465 e. The van der Waals surface area contributed by atoms with E-state index in [2.05, 4.69) is 6.07 Å². The molecule has 0 aromatic heterocycles. The molecule has 0 saturated heterocycles. The molecule has 0 atom stereocenters. The molecule has 0 amide bonds. The van der Waals surface area contributed by atoms with E-state index in [1.807, 2.05) is 11.8 Å². The number of ether oxygens (including phenoxy) is 2. The highest BCUT2D eigenvalue weighted by Crippen LogP contribution is 1.95. The van der Waals surface area contributed by atoms with E-state index in [9.17, 15) is 4.79 Å². The molecule has 0 aliphatic heterocycles. The molecular weight excluding hydrogens is 220 g/mol. The fourth-order valence-corrected chi connectivity index (χ4v) is 1.26. The first-order valence-electron chi connectivity index (χ1n) is 5.98. The molecule has 0 unspecified atom stereocenters.